The maximum atomic E-state index is 13.0. The van der Waals surface area contributed by atoms with Gasteiger partial charge < -0.3 is 14.9 Å². The van der Waals surface area contributed by atoms with Crippen LogP contribution in [0.5, 0.6) is 0 Å². The number of hydrogen-bond donors (Lipinski definition) is 2. The second-order valence-corrected chi connectivity index (χ2v) is 7.87. The Bertz CT molecular complexity index is 720. The lowest BCUT2D eigenvalue weighted by atomic mass is 9.99. The number of benzene rings is 2. The number of hydrogen-bond acceptors (Lipinski definition) is 4. The first-order chi connectivity index (χ1) is 14.2. The molecule has 158 valence electrons. The van der Waals surface area contributed by atoms with E-state index in [1.54, 1.807) is 12.1 Å². The van der Waals surface area contributed by atoms with E-state index >= 15 is 0 Å². The minimum atomic E-state index is -0.262. The van der Waals surface area contributed by atoms with Gasteiger partial charge in [-0.3, -0.25) is 4.90 Å². The van der Waals surface area contributed by atoms with Crippen molar-refractivity contribution in [2.24, 2.45) is 0 Å². The fourth-order valence-electron chi connectivity index (χ4n) is 3.88. The third kappa shape index (κ3) is 6.89. The summed E-state index contributed by atoms with van der Waals surface area (Å²) >= 11 is 0. The molecule has 0 radical (unpaired) electrons. The standard InChI is InChI=1S/C24H32FNO3/c25-22-10-8-21(9-11-22)20-6-4-19(5-7-20)18-29-15-3-1-2-13-26-14-12-24(28)16-23(26)17-27/h4-11,23-24,27-28H,1-3,12-18H2. The van der Waals surface area contributed by atoms with Gasteiger partial charge in [0.15, 0.2) is 0 Å². The first kappa shape index (κ1) is 21.9. The predicted octanol–water partition coefficient (Wildman–Crippen LogP) is 4.00. The highest BCUT2D eigenvalue weighted by molar-refractivity contribution is 5.63. The van der Waals surface area contributed by atoms with E-state index < -0.39 is 0 Å². The Morgan fingerprint density at radius 1 is 0.966 bits per heavy atom. The lowest BCUT2D eigenvalue weighted by Gasteiger charge is -2.36. The zero-order valence-corrected chi connectivity index (χ0v) is 17.0. The van der Waals surface area contributed by atoms with Crippen molar-refractivity contribution in [1.82, 2.24) is 4.90 Å². The van der Waals surface area contributed by atoms with Gasteiger partial charge >= 0.3 is 0 Å². The molecule has 0 aliphatic carbocycles. The van der Waals surface area contributed by atoms with Gasteiger partial charge in [0.05, 0.1) is 19.3 Å². The molecule has 1 aliphatic rings. The van der Waals surface area contributed by atoms with Gasteiger partial charge in [-0.2, -0.15) is 0 Å². The average Bonchev–Trinajstić information content (AvgIpc) is 2.75. The molecule has 0 spiro atoms. The number of unbranched alkanes of at least 4 members (excludes halogenated alkanes) is 2. The molecule has 1 aliphatic heterocycles. The summed E-state index contributed by atoms with van der Waals surface area (Å²) < 4.78 is 18.8. The molecule has 1 fully saturated rings. The van der Waals surface area contributed by atoms with Crippen molar-refractivity contribution < 1.29 is 19.3 Å². The Morgan fingerprint density at radius 3 is 2.34 bits per heavy atom. The van der Waals surface area contributed by atoms with Crippen LogP contribution in [0.15, 0.2) is 48.5 Å². The van der Waals surface area contributed by atoms with Gasteiger partial charge in [0.25, 0.3) is 0 Å². The second kappa shape index (κ2) is 11.4. The molecule has 2 atom stereocenters. The predicted molar refractivity (Wildman–Crippen MR) is 113 cm³/mol. The first-order valence-corrected chi connectivity index (χ1v) is 10.6. The number of halogens is 1. The van der Waals surface area contributed by atoms with Crippen molar-refractivity contribution in [1.29, 1.82) is 0 Å². The van der Waals surface area contributed by atoms with E-state index in [0.29, 0.717) is 13.0 Å². The van der Waals surface area contributed by atoms with E-state index in [-0.39, 0.29) is 24.6 Å². The number of rotatable bonds is 10. The molecule has 1 heterocycles. The van der Waals surface area contributed by atoms with Crippen molar-refractivity contribution in [2.75, 3.05) is 26.3 Å². The van der Waals surface area contributed by atoms with E-state index in [1.165, 1.54) is 12.1 Å². The van der Waals surface area contributed by atoms with Gasteiger partial charge in [-0.25, -0.2) is 4.39 Å². The number of likely N-dealkylation sites (tertiary alicyclic amines) is 1. The van der Waals surface area contributed by atoms with Crippen LogP contribution in [0, 0.1) is 5.82 Å². The molecular weight excluding hydrogens is 369 g/mol. The van der Waals surface area contributed by atoms with Crippen LogP contribution in [-0.2, 0) is 11.3 Å². The lowest BCUT2D eigenvalue weighted by molar-refractivity contribution is 0.0160. The van der Waals surface area contributed by atoms with Crippen molar-refractivity contribution in [3.63, 3.8) is 0 Å². The van der Waals surface area contributed by atoms with Crippen LogP contribution in [0.25, 0.3) is 11.1 Å². The zero-order chi connectivity index (χ0) is 20.5. The van der Waals surface area contributed by atoms with Crippen molar-refractivity contribution in [3.8, 4) is 11.1 Å². The normalized spacial score (nSPS) is 20.1. The largest absolute Gasteiger partial charge is 0.395 e. The summed E-state index contributed by atoms with van der Waals surface area (Å²) in [5.41, 5.74) is 3.21. The quantitative estimate of drug-likeness (QED) is 0.591. The van der Waals surface area contributed by atoms with Crippen LogP contribution in [0.3, 0.4) is 0 Å². The number of nitrogens with zero attached hydrogens (tertiary/aromatic N) is 1. The third-order valence-corrected chi connectivity index (χ3v) is 5.66. The van der Waals surface area contributed by atoms with E-state index in [1.807, 2.05) is 12.1 Å². The minimum Gasteiger partial charge on any atom is -0.395 e. The summed E-state index contributed by atoms with van der Waals surface area (Å²) in [4.78, 5) is 2.30. The second-order valence-electron chi connectivity index (χ2n) is 7.87. The maximum absolute atomic E-state index is 13.0. The third-order valence-electron chi connectivity index (χ3n) is 5.66. The molecule has 1 saturated heterocycles. The number of aliphatic hydroxyl groups is 2. The Morgan fingerprint density at radius 2 is 1.66 bits per heavy atom. The summed E-state index contributed by atoms with van der Waals surface area (Å²) in [6, 6.07) is 14.8. The fourth-order valence-corrected chi connectivity index (χ4v) is 3.88. The maximum Gasteiger partial charge on any atom is 0.123 e. The zero-order valence-electron chi connectivity index (χ0n) is 17.0. The summed E-state index contributed by atoms with van der Waals surface area (Å²) in [5, 5.41) is 19.2. The molecule has 2 aromatic rings. The summed E-state index contributed by atoms with van der Waals surface area (Å²) in [6.07, 6.45) is 4.43. The summed E-state index contributed by atoms with van der Waals surface area (Å²) in [6.45, 7) is 3.31. The van der Waals surface area contributed by atoms with Gasteiger partial charge in [-0.15, -0.1) is 0 Å². The smallest absolute Gasteiger partial charge is 0.123 e. The van der Waals surface area contributed by atoms with Crippen LogP contribution >= 0.6 is 0 Å². The monoisotopic (exact) mass is 401 g/mol. The van der Waals surface area contributed by atoms with Crippen LogP contribution < -0.4 is 0 Å². The molecule has 3 rings (SSSR count). The summed E-state index contributed by atoms with van der Waals surface area (Å²) in [7, 11) is 0. The van der Waals surface area contributed by atoms with Gasteiger partial charge in [-0.1, -0.05) is 36.4 Å². The van der Waals surface area contributed by atoms with E-state index in [0.717, 1.165) is 62.1 Å². The van der Waals surface area contributed by atoms with Crippen LogP contribution in [-0.4, -0.2) is 53.6 Å². The topological polar surface area (TPSA) is 52.9 Å². The first-order valence-electron chi connectivity index (χ1n) is 10.6. The molecule has 29 heavy (non-hydrogen) atoms. The highest BCUT2D eigenvalue weighted by Crippen LogP contribution is 2.21. The van der Waals surface area contributed by atoms with Crippen LogP contribution in [0.2, 0.25) is 0 Å². The van der Waals surface area contributed by atoms with Crippen molar-refractivity contribution in [2.45, 2.75) is 50.9 Å². The van der Waals surface area contributed by atoms with E-state index in [9.17, 15) is 14.6 Å². The number of aliphatic hydroxyl groups excluding tert-OH is 2. The molecule has 4 nitrogen and oxygen atoms in total. The van der Waals surface area contributed by atoms with Crippen molar-refractivity contribution >= 4 is 0 Å². The van der Waals surface area contributed by atoms with Gasteiger partial charge in [0.1, 0.15) is 5.82 Å². The molecule has 0 amide bonds. The van der Waals surface area contributed by atoms with Crippen molar-refractivity contribution in [3.05, 3.63) is 59.9 Å². The van der Waals surface area contributed by atoms with Crippen LogP contribution in [0.4, 0.5) is 4.39 Å². The number of ether oxygens (including phenoxy) is 1. The Balaban J connectivity index is 1.29. The molecule has 0 aromatic heterocycles. The van der Waals surface area contributed by atoms with Crippen LogP contribution in [0.1, 0.15) is 37.7 Å². The highest BCUT2D eigenvalue weighted by Gasteiger charge is 2.26. The lowest BCUT2D eigenvalue weighted by Crippen LogP contribution is -2.46. The Kier molecular flexibility index (Phi) is 8.62. The molecule has 5 heteroatoms. The van der Waals surface area contributed by atoms with E-state index in [2.05, 4.69) is 17.0 Å². The average molecular weight is 402 g/mol. The van der Waals surface area contributed by atoms with Gasteiger partial charge in [-0.05, 0) is 67.5 Å². The molecule has 2 N–H and O–H groups in total. The highest BCUT2D eigenvalue weighted by atomic mass is 19.1. The van der Waals surface area contributed by atoms with Gasteiger partial charge in [0, 0.05) is 19.2 Å². The molecule has 0 saturated carbocycles. The molecule has 2 unspecified atom stereocenters. The molecule has 2 aromatic carbocycles. The fraction of sp³-hybridized carbons (Fsp3) is 0.500. The summed E-state index contributed by atoms with van der Waals surface area (Å²) in [5.74, 6) is -0.221. The van der Waals surface area contributed by atoms with E-state index in [4.69, 9.17) is 4.74 Å². The number of piperidine rings is 1. The Labute approximate surface area is 172 Å². The molecular formula is C24H32FNO3. The molecule has 0 bridgehead atoms. The SMILES string of the molecule is OCC1CC(O)CCN1CCCCCOCc1ccc(-c2ccc(F)cc2)cc1. The minimum absolute atomic E-state index is 0.105. The Hall–Kier alpha value is -1.79. The van der Waals surface area contributed by atoms with Gasteiger partial charge in [0.2, 0.25) is 0 Å².